The highest BCUT2D eigenvalue weighted by molar-refractivity contribution is 5.95. The van der Waals surface area contributed by atoms with E-state index in [1.165, 1.54) is 0 Å². The highest BCUT2D eigenvalue weighted by Gasteiger charge is 2.14. The third-order valence-electron chi connectivity index (χ3n) is 3.47. The summed E-state index contributed by atoms with van der Waals surface area (Å²) >= 11 is 0. The van der Waals surface area contributed by atoms with Crippen molar-refractivity contribution in [2.45, 2.75) is 13.3 Å². The Bertz CT molecular complexity index is 783. The molecule has 108 valence electrons. The first-order chi connectivity index (χ1) is 10.8. The zero-order valence-electron chi connectivity index (χ0n) is 12.4. The second-order valence-corrected chi connectivity index (χ2v) is 4.96. The van der Waals surface area contributed by atoms with Crippen LogP contribution in [0.1, 0.15) is 23.8 Å². The number of rotatable bonds is 4. The molecule has 3 nitrogen and oxygen atoms in total. The van der Waals surface area contributed by atoms with E-state index in [9.17, 15) is 4.79 Å². The van der Waals surface area contributed by atoms with Crippen LogP contribution in [0, 0.1) is 0 Å². The minimum atomic E-state index is 0.00397. The van der Waals surface area contributed by atoms with Gasteiger partial charge in [-0.1, -0.05) is 67.6 Å². The van der Waals surface area contributed by atoms with Crippen LogP contribution in [0.4, 0.5) is 0 Å². The number of Topliss-reactive ketones (excluding diaryl/α,β-unsaturated/α-hetero) is 1. The first-order valence-electron chi connectivity index (χ1n) is 7.30. The van der Waals surface area contributed by atoms with E-state index in [4.69, 9.17) is 0 Å². The predicted octanol–water partition coefficient (Wildman–Crippen LogP) is 4.40. The van der Waals surface area contributed by atoms with Gasteiger partial charge >= 0.3 is 0 Å². The molecule has 0 saturated carbocycles. The van der Waals surface area contributed by atoms with Crippen molar-refractivity contribution in [3.8, 4) is 22.5 Å². The second-order valence-electron chi connectivity index (χ2n) is 4.96. The van der Waals surface area contributed by atoms with E-state index in [0.717, 1.165) is 22.5 Å². The van der Waals surface area contributed by atoms with Gasteiger partial charge in [0, 0.05) is 17.5 Å². The highest BCUT2D eigenvalue weighted by Crippen LogP contribution is 2.28. The number of aromatic nitrogens is 2. The number of carbonyl (C=O) groups excluding carboxylic acids is 1. The van der Waals surface area contributed by atoms with Crippen molar-refractivity contribution >= 4 is 5.78 Å². The van der Waals surface area contributed by atoms with Crippen LogP contribution in [-0.2, 0) is 0 Å². The molecule has 1 heterocycles. The molecule has 3 rings (SSSR count). The summed E-state index contributed by atoms with van der Waals surface area (Å²) in [6, 6.07) is 19.7. The Morgan fingerprint density at radius 1 is 0.864 bits per heavy atom. The third kappa shape index (κ3) is 2.79. The maximum atomic E-state index is 11.9. The van der Waals surface area contributed by atoms with Gasteiger partial charge in [-0.25, -0.2) is 4.98 Å². The molecular formula is C19H16N2O. The van der Waals surface area contributed by atoms with E-state index in [-0.39, 0.29) is 5.78 Å². The fourth-order valence-corrected chi connectivity index (χ4v) is 2.31. The minimum absolute atomic E-state index is 0.00397. The van der Waals surface area contributed by atoms with Gasteiger partial charge in [0.15, 0.2) is 5.78 Å². The van der Waals surface area contributed by atoms with E-state index in [0.29, 0.717) is 12.1 Å². The number of ketones is 1. The van der Waals surface area contributed by atoms with Crippen molar-refractivity contribution in [3.05, 3.63) is 72.6 Å². The van der Waals surface area contributed by atoms with Crippen molar-refractivity contribution < 1.29 is 4.79 Å². The molecule has 0 unspecified atom stereocenters. The Morgan fingerprint density at radius 2 is 1.41 bits per heavy atom. The molecule has 0 N–H and O–H groups in total. The summed E-state index contributed by atoms with van der Waals surface area (Å²) in [6.45, 7) is 1.83. The quantitative estimate of drug-likeness (QED) is 0.668. The lowest BCUT2D eigenvalue weighted by molar-refractivity contribution is 0.0983. The average Bonchev–Trinajstić information content (AvgIpc) is 2.62. The number of nitrogens with zero attached hydrogens (tertiary/aromatic N) is 2. The summed E-state index contributed by atoms with van der Waals surface area (Å²) in [7, 11) is 0. The minimum Gasteiger partial charge on any atom is -0.292 e. The standard InChI is InChI=1S/C19H16N2O/c1-2-17(22)16-13-20-18(14-9-5-3-6-10-14)19(21-16)15-11-7-4-8-12-15/h3-13H,2H2,1H3. The molecule has 0 radical (unpaired) electrons. The van der Waals surface area contributed by atoms with Crippen LogP contribution < -0.4 is 0 Å². The van der Waals surface area contributed by atoms with Crippen molar-refractivity contribution in [2.75, 3.05) is 0 Å². The number of carbonyl (C=O) groups is 1. The number of hydrogen-bond donors (Lipinski definition) is 0. The number of benzene rings is 2. The van der Waals surface area contributed by atoms with Gasteiger partial charge in [0.05, 0.1) is 17.6 Å². The summed E-state index contributed by atoms with van der Waals surface area (Å²) in [5.41, 5.74) is 3.90. The van der Waals surface area contributed by atoms with Crippen LogP contribution in [0.2, 0.25) is 0 Å². The maximum absolute atomic E-state index is 11.9. The molecule has 0 bridgehead atoms. The zero-order chi connectivity index (χ0) is 15.4. The largest absolute Gasteiger partial charge is 0.292 e. The first kappa shape index (κ1) is 14.1. The van der Waals surface area contributed by atoms with E-state index < -0.39 is 0 Å². The van der Waals surface area contributed by atoms with Crippen LogP contribution in [0.15, 0.2) is 66.9 Å². The zero-order valence-corrected chi connectivity index (χ0v) is 12.4. The molecule has 0 amide bonds. The predicted molar refractivity (Wildman–Crippen MR) is 87.5 cm³/mol. The molecule has 0 atom stereocenters. The average molecular weight is 288 g/mol. The summed E-state index contributed by atoms with van der Waals surface area (Å²) in [5.74, 6) is 0.00397. The van der Waals surface area contributed by atoms with E-state index in [1.54, 1.807) is 6.20 Å². The van der Waals surface area contributed by atoms with Crippen LogP contribution in [-0.4, -0.2) is 15.8 Å². The van der Waals surface area contributed by atoms with Gasteiger partial charge in [-0.3, -0.25) is 9.78 Å². The summed E-state index contributed by atoms with van der Waals surface area (Å²) in [5, 5.41) is 0. The van der Waals surface area contributed by atoms with E-state index in [1.807, 2.05) is 67.6 Å². The normalized spacial score (nSPS) is 10.4. The fraction of sp³-hybridized carbons (Fsp3) is 0.105. The van der Waals surface area contributed by atoms with Gasteiger partial charge in [-0.05, 0) is 0 Å². The Morgan fingerprint density at radius 3 is 1.95 bits per heavy atom. The lowest BCUT2D eigenvalue weighted by Crippen LogP contribution is -2.04. The van der Waals surface area contributed by atoms with Gasteiger partial charge in [-0.15, -0.1) is 0 Å². The van der Waals surface area contributed by atoms with Crippen molar-refractivity contribution in [1.29, 1.82) is 0 Å². The second kappa shape index (κ2) is 6.31. The molecule has 2 aromatic carbocycles. The van der Waals surface area contributed by atoms with Crippen LogP contribution in [0.25, 0.3) is 22.5 Å². The molecule has 3 heteroatoms. The molecule has 22 heavy (non-hydrogen) atoms. The monoisotopic (exact) mass is 288 g/mol. The Kier molecular flexibility index (Phi) is 4.05. The third-order valence-corrected chi connectivity index (χ3v) is 3.47. The molecular weight excluding hydrogens is 272 g/mol. The molecule has 1 aromatic heterocycles. The van der Waals surface area contributed by atoms with E-state index in [2.05, 4.69) is 9.97 Å². The first-order valence-corrected chi connectivity index (χ1v) is 7.30. The molecule has 0 aliphatic rings. The summed E-state index contributed by atoms with van der Waals surface area (Å²) in [6.07, 6.45) is 1.99. The van der Waals surface area contributed by atoms with E-state index >= 15 is 0 Å². The molecule has 0 aliphatic carbocycles. The van der Waals surface area contributed by atoms with Crippen molar-refractivity contribution in [2.24, 2.45) is 0 Å². The topological polar surface area (TPSA) is 42.9 Å². The summed E-state index contributed by atoms with van der Waals surface area (Å²) in [4.78, 5) is 21.0. The molecule has 0 fully saturated rings. The van der Waals surface area contributed by atoms with Gasteiger partial charge in [0.1, 0.15) is 5.69 Å². The molecule has 0 saturated heterocycles. The van der Waals surface area contributed by atoms with Gasteiger partial charge in [0.25, 0.3) is 0 Å². The van der Waals surface area contributed by atoms with Gasteiger partial charge < -0.3 is 0 Å². The molecule has 0 spiro atoms. The number of hydrogen-bond acceptors (Lipinski definition) is 3. The Hall–Kier alpha value is -2.81. The van der Waals surface area contributed by atoms with Gasteiger partial charge in [0.2, 0.25) is 0 Å². The Labute approximate surface area is 129 Å². The SMILES string of the molecule is CCC(=O)c1cnc(-c2ccccc2)c(-c2ccccc2)n1. The van der Waals surface area contributed by atoms with Crippen LogP contribution >= 0.6 is 0 Å². The highest BCUT2D eigenvalue weighted by atomic mass is 16.1. The van der Waals surface area contributed by atoms with Gasteiger partial charge in [-0.2, -0.15) is 0 Å². The summed E-state index contributed by atoms with van der Waals surface area (Å²) < 4.78 is 0. The molecule has 3 aromatic rings. The smallest absolute Gasteiger partial charge is 0.182 e. The van der Waals surface area contributed by atoms with Crippen molar-refractivity contribution in [3.63, 3.8) is 0 Å². The Balaban J connectivity index is 2.20. The lowest BCUT2D eigenvalue weighted by Gasteiger charge is -2.10. The lowest BCUT2D eigenvalue weighted by atomic mass is 10.0. The fourth-order valence-electron chi connectivity index (χ4n) is 2.31. The van der Waals surface area contributed by atoms with Crippen LogP contribution in [0.5, 0.6) is 0 Å². The molecule has 0 aliphatic heterocycles. The van der Waals surface area contributed by atoms with Crippen molar-refractivity contribution in [1.82, 2.24) is 9.97 Å². The van der Waals surface area contributed by atoms with Crippen LogP contribution in [0.3, 0.4) is 0 Å². The maximum Gasteiger partial charge on any atom is 0.182 e.